The highest BCUT2D eigenvalue weighted by atomic mass is 127. The second kappa shape index (κ2) is 5.96. The average Bonchev–Trinajstić information content (AvgIpc) is 3.33. The molecule has 1 fully saturated rings. The third-order valence-corrected chi connectivity index (χ3v) is 5.14. The van der Waals surface area contributed by atoms with E-state index in [9.17, 15) is 4.79 Å². The molecule has 0 saturated heterocycles. The number of hydrogen-bond donors (Lipinski definition) is 2. The highest BCUT2D eigenvalue weighted by molar-refractivity contribution is 14.1. The lowest BCUT2D eigenvalue weighted by atomic mass is 9.93. The van der Waals surface area contributed by atoms with Gasteiger partial charge in [0, 0.05) is 11.1 Å². The summed E-state index contributed by atoms with van der Waals surface area (Å²) in [5.74, 6) is 0.488. The highest BCUT2D eigenvalue weighted by Crippen LogP contribution is 2.43. The maximum absolute atomic E-state index is 12.8. The molecule has 1 heterocycles. The van der Waals surface area contributed by atoms with E-state index >= 15 is 0 Å². The lowest BCUT2D eigenvalue weighted by Crippen LogP contribution is -2.22. The van der Waals surface area contributed by atoms with E-state index in [1.807, 2.05) is 48.5 Å². The van der Waals surface area contributed by atoms with Crippen molar-refractivity contribution in [1.29, 1.82) is 0 Å². The van der Waals surface area contributed by atoms with Crippen LogP contribution < -0.4 is 5.32 Å². The van der Waals surface area contributed by atoms with Crippen molar-refractivity contribution in [3.05, 3.63) is 57.8 Å². The number of fused-ring (bicyclic) bond motifs is 1. The van der Waals surface area contributed by atoms with Crippen molar-refractivity contribution in [2.75, 3.05) is 5.32 Å². The van der Waals surface area contributed by atoms with Gasteiger partial charge >= 0.3 is 0 Å². The standard InChI is InChI=1S/C18H16IN3O/c19-17-14-10-13(8-9-15(14)21-22-17)20-18(23)16(12-6-7-12)11-4-2-1-3-5-11/h1-5,8-10,12,16H,6-7H2,(H,20,23)(H,21,22). The van der Waals surface area contributed by atoms with Crippen molar-refractivity contribution >= 4 is 45.1 Å². The third-order valence-electron chi connectivity index (χ3n) is 4.32. The number of hydrogen-bond acceptors (Lipinski definition) is 2. The molecule has 1 aliphatic rings. The van der Waals surface area contributed by atoms with Gasteiger partial charge in [-0.1, -0.05) is 30.3 Å². The Hall–Kier alpha value is -1.89. The summed E-state index contributed by atoms with van der Waals surface area (Å²) in [7, 11) is 0. The second-order valence-corrected chi connectivity index (χ2v) is 7.01. The van der Waals surface area contributed by atoms with Crippen LogP contribution in [0.2, 0.25) is 0 Å². The first-order chi connectivity index (χ1) is 11.2. The first-order valence-electron chi connectivity index (χ1n) is 7.72. The summed E-state index contributed by atoms with van der Waals surface area (Å²) in [6.45, 7) is 0. The number of nitrogens with one attached hydrogen (secondary N) is 2. The largest absolute Gasteiger partial charge is 0.326 e. The second-order valence-electron chi connectivity index (χ2n) is 5.99. The summed E-state index contributed by atoms with van der Waals surface area (Å²) >= 11 is 2.19. The normalized spacial score (nSPS) is 15.5. The van der Waals surface area contributed by atoms with E-state index in [0.29, 0.717) is 5.92 Å². The number of nitrogens with zero attached hydrogens (tertiary/aromatic N) is 1. The van der Waals surface area contributed by atoms with Gasteiger partial charge in [0.2, 0.25) is 5.91 Å². The number of rotatable bonds is 4. The molecule has 1 unspecified atom stereocenters. The molecule has 1 atom stereocenters. The number of carbonyl (C=O) groups is 1. The number of aromatic amines is 1. The van der Waals surface area contributed by atoms with E-state index in [0.717, 1.165) is 38.7 Å². The van der Waals surface area contributed by atoms with E-state index in [1.165, 1.54) is 0 Å². The van der Waals surface area contributed by atoms with Crippen LogP contribution in [0.1, 0.15) is 24.3 Å². The topological polar surface area (TPSA) is 57.8 Å². The Morgan fingerprint density at radius 3 is 2.74 bits per heavy atom. The van der Waals surface area contributed by atoms with Crippen LogP contribution in [0.25, 0.3) is 10.9 Å². The van der Waals surface area contributed by atoms with Crippen molar-refractivity contribution in [3.8, 4) is 0 Å². The number of benzene rings is 2. The smallest absolute Gasteiger partial charge is 0.232 e. The molecule has 116 valence electrons. The number of amides is 1. The molecule has 23 heavy (non-hydrogen) atoms. The number of anilines is 1. The molecular formula is C18H16IN3O. The monoisotopic (exact) mass is 417 g/mol. The Labute approximate surface area is 147 Å². The fourth-order valence-electron chi connectivity index (χ4n) is 3.01. The summed E-state index contributed by atoms with van der Waals surface area (Å²) in [5.41, 5.74) is 2.91. The summed E-state index contributed by atoms with van der Waals surface area (Å²) in [4.78, 5) is 12.8. The fourth-order valence-corrected chi connectivity index (χ4v) is 3.57. The molecule has 4 rings (SSSR count). The lowest BCUT2D eigenvalue weighted by Gasteiger charge is -2.16. The first-order valence-corrected chi connectivity index (χ1v) is 8.79. The number of H-pyrrole nitrogens is 1. The lowest BCUT2D eigenvalue weighted by molar-refractivity contribution is -0.118. The van der Waals surface area contributed by atoms with Crippen molar-refractivity contribution in [3.63, 3.8) is 0 Å². The van der Waals surface area contributed by atoms with Gasteiger partial charge in [-0.05, 0) is 65.1 Å². The minimum Gasteiger partial charge on any atom is -0.326 e. The van der Waals surface area contributed by atoms with Crippen LogP contribution in [0.4, 0.5) is 5.69 Å². The fraction of sp³-hybridized carbons (Fsp3) is 0.222. The van der Waals surface area contributed by atoms with Crippen LogP contribution in [0, 0.1) is 9.62 Å². The van der Waals surface area contributed by atoms with E-state index < -0.39 is 0 Å². The molecular weight excluding hydrogens is 401 g/mol. The Bertz CT molecular complexity index is 855. The quantitative estimate of drug-likeness (QED) is 0.622. The van der Waals surface area contributed by atoms with Gasteiger partial charge in [0.1, 0.15) is 3.70 Å². The summed E-state index contributed by atoms with van der Waals surface area (Å²) in [6.07, 6.45) is 2.26. The molecule has 2 N–H and O–H groups in total. The van der Waals surface area contributed by atoms with Gasteiger partial charge in [-0.15, -0.1) is 0 Å². The molecule has 0 bridgehead atoms. The molecule has 3 aromatic rings. The maximum atomic E-state index is 12.8. The summed E-state index contributed by atoms with van der Waals surface area (Å²) < 4.78 is 0.913. The molecule has 0 radical (unpaired) electrons. The van der Waals surface area contributed by atoms with Gasteiger partial charge in [0.05, 0.1) is 11.4 Å². The van der Waals surface area contributed by atoms with Crippen LogP contribution in [0.15, 0.2) is 48.5 Å². The predicted octanol–water partition coefficient (Wildman–Crippen LogP) is 4.30. The van der Waals surface area contributed by atoms with Gasteiger partial charge < -0.3 is 5.32 Å². The van der Waals surface area contributed by atoms with Crippen LogP contribution in [0.5, 0.6) is 0 Å². The Kier molecular flexibility index (Phi) is 3.80. The summed E-state index contributed by atoms with van der Waals surface area (Å²) in [5, 5.41) is 11.3. The molecule has 1 aliphatic carbocycles. The predicted molar refractivity (Wildman–Crippen MR) is 99.3 cm³/mol. The minimum atomic E-state index is -0.0599. The highest BCUT2D eigenvalue weighted by Gasteiger charge is 2.37. The van der Waals surface area contributed by atoms with Crippen LogP contribution >= 0.6 is 22.6 Å². The average molecular weight is 417 g/mol. The van der Waals surface area contributed by atoms with Crippen molar-refractivity contribution < 1.29 is 4.79 Å². The van der Waals surface area contributed by atoms with Gasteiger partial charge in [-0.3, -0.25) is 9.89 Å². The SMILES string of the molecule is O=C(Nc1ccc2[nH]nc(I)c2c1)C(c1ccccc1)C1CC1. The minimum absolute atomic E-state index is 0.0599. The Morgan fingerprint density at radius 1 is 1.22 bits per heavy atom. The molecule has 2 aromatic carbocycles. The van der Waals surface area contributed by atoms with Crippen LogP contribution in [-0.2, 0) is 4.79 Å². The zero-order chi connectivity index (χ0) is 15.8. The van der Waals surface area contributed by atoms with E-state index in [2.05, 4.69) is 38.1 Å². The van der Waals surface area contributed by atoms with Gasteiger partial charge in [-0.25, -0.2) is 0 Å². The molecule has 0 spiro atoms. The first kappa shape index (κ1) is 14.7. The third kappa shape index (κ3) is 2.97. The Balaban J connectivity index is 1.60. The molecule has 4 nitrogen and oxygen atoms in total. The van der Waals surface area contributed by atoms with Crippen molar-refractivity contribution in [2.24, 2.45) is 5.92 Å². The summed E-state index contributed by atoms with van der Waals surface area (Å²) in [6, 6.07) is 15.9. The maximum Gasteiger partial charge on any atom is 0.232 e. The molecule has 5 heteroatoms. The van der Waals surface area contributed by atoms with Gasteiger partial charge in [0.25, 0.3) is 0 Å². The van der Waals surface area contributed by atoms with Crippen molar-refractivity contribution in [1.82, 2.24) is 10.2 Å². The van der Waals surface area contributed by atoms with E-state index in [-0.39, 0.29) is 11.8 Å². The van der Waals surface area contributed by atoms with Crippen LogP contribution in [-0.4, -0.2) is 16.1 Å². The Morgan fingerprint density at radius 2 is 2.00 bits per heavy atom. The van der Waals surface area contributed by atoms with E-state index in [1.54, 1.807) is 0 Å². The van der Waals surface area contributed by atoms with Crippen molar-refractivity contribution in [2.45, 2.75) is 18.8 Å². The zero-order valence-electron chi connectivity index (χ0n) is 12.4. The number of halogens is 1. The van der Waals surface area contributed by atoms with Gasteiger partial charge in [0.15, 0.2) is 0 Å². The van der Waals surface area contributed by atoms with Crippen LogP contribution in [0.3, 0.4) is 0 Å². The number of carbonyl (C=O) groups excluding carboxylic acids is 1. The number of aromatic nitrogens is 2. The van der Waals surface area contributed by atoms with E-state index in [4.69, 9.17) is 0 Å². The molecule has 1 amide bonds. The zero-order valence-corrected chi connectivity index (χ0v) is 14.6. The molecule has 1 saturated carbocycles. The molecule has 1 aromatic heterocycles. The molecule has 0 aliphatic heterocycles. The van der Waals surface area contributed by atoms with Gasteiger partial charge in [-0.2, -0.15) is 5.10 Å².